The van der Waals surface area contributed by atoms with E-state index in [-0.39, 0.29) is 0 Å². The normalized spacial score (nSPS) is 11.7. The van der Waals surface area contributed by atoms with E-state index in [1.54, 1.807) is 0 Å². The lowest BCUT2D eigenvalue weighted by Gasteiger charge is -2.11. The van der Waals surface area contributed by atoms with Crippen LogP contribution < -0.4 is 0 Å². The Bertz CT molecular complexity index is 3540. The minimum absolute atomic E-state index is 0.866. The predicted molar refractivity (Wildman–Crippen MR) is 244 cm³/mol. The van der Waals surface area contributed by atoms with Gasteiger partial charge in [0.1, 0.15) is 17.0 Å². The van der Waals surface area contributed by atoms with E-state index in [1.807, 2.05) is 12.1 Å². The molecule has 0 saturated heterocycles. The monoisotopic (exact) mass is 753 g/mol. The Hall–Kier alpha value is -7.95. The van der Waals surface area contributed by atoms with Crippen LogP contribution in [0.4, 0.5) is 0 Å². The molecule has 4 nitrogen and oxygen atoms in total. The molecule has 3 aromatic heterocycles. The lowest BCUT2D eigenvalue weighted by molar-refractivity contribution is 0.669. The summed E-state index contributed by atoms with van der Waals surface area (Å²) in [5.41, 5.74) is 16.3. The summed E-state index contributed by atoms with van der Waals surface area (Å²) in [4.78, 5) is 5.25. The maximum atomic E-state index is 6.53. The molecule has 9 aromatic carbocycles. The zero-order valence-corrected chi connectivity index (χ0v) is 32.0. The first-order chi connectivity index (χ1) is 29.2. The molecule has 0 aliphatic rings. The van der Waals surface area contributed by atoms with E-state index in [0.29, 0.717) is 0 Å². The van der Waals surface area contributed by atoms with Gasteiger partial charge in [-0.1, -0.05) is 140 Å². The molecule has 0 saturated carbocycles. The molecule has 59 heavy (non-hydrogen) atoms. The third-order valence-corrected chi connectivity index (χ3v) is 11.7. The highest BCUT2D eigenvalue weighted by atomic mass is 16.3. The number of hydrogen-bond donors (Lipinski definition) is 0. The molecule has 4 heteroatoms. The molecule has 0 aliphatic heterocycles. The van der Waals surface area contributed by atoms with E-state index >= 15 is 0 Å². The van der Waals surface area contributed by atoms with Crippen LogP contribution in [0, 0.1) is 0 Å². The summed E-state index contributed by atoms with van der Waals surface area (Å²) in [7, 11) is 0. The molecule has 12 rings (SSSR count). The van der Waals surface area contributed by atoms with Crippen molar-refractivity contribution in [1.82, 2.24) is 14.1 Å². The van der Waals surface area contributed by atoms with Crippen molar-refractivity contribution in [1.29, 1.82) is 0 Å². The highest BCUT2D eigenvalue weighted by Crippen LogP contribution is 2.41. The second kappa shape index (κ2) is 13.3. The molecular formula is C55H35N3O. The standard InChI is InChI=1S/C55H35N3O/c1-4-14-36(15-5-1)38-18-12-21-43(32-38)57-49-24-11-10-22-45(49)46-33-39(26-29-50(46)57)40-28-31-52-47(34-40)54-44(23-13-25-53(54)59-52)41-27-30-51-48(35-41)56-55(37-16-6-2-7-17-37)58(51)42-19-8-3-9-20-42/h1-35H. The molecular weight excluding hydrogens is 719 g/mol. The Morgan fingerprint density at radius 2 is 0.949 bits per heavy atom. The maximum Gasteiger partial charge on any atom is 0.145 e. The number of hydrogen-bond acceptors (Lipinski definition) is 2. The van der Waals surface area contributed by atoms with Gasteiger partial charge in [-0.25, -0.2) is 4.98 Å². The Balaban J connectivity index is 0.989. The quantitative estimate of drug-likeness (QED) is 0.169. The van der Waals surface area contributed by atoms with Gasteiger partial charge < -0.3 is 8.98 Å². The summed E-state index contributed by atoms with van der Waals surface area (Å²) < 4.78 is 11.2. The van der Waals surface area contributed by atoms with E-state index in [9.17, 15) is 0 Å². The average molecular weight is 754 g/mol. The summed E-state index contributed by atoms with van der Waals surface area (Å²) in [6.45, 7) is 0. The largest absolute Gasteiger partial charge is 0.456 e. The van der Waals surface area contributed by atoms with Gasteiger partial charge >= 0.3 is 0 Å². The molecule has 12 aromatic rings. The van der Waals surface area contributed by atoms with Crippen molar-refractivity contribution in [3.63, 3.8) is 0 Å². The van der Waals surface area contributed by atoms with Gasteiger partial charge in [-0.2, -0.15) is 0 Å². The molecule has 0 bridgehead atoms. The summed E-state index contributed by atoms with van der Waals surface area (Å²) in [6.07, 6.45) is 0. The fraction of sp³-hybridized carbons (Fsp3) is 0. The number of furan rings is 1. The van der Waals surface area contributed by atoms with Gasteiger partial charge in [-0.3, -0.25) is 4.57 Å². The minimum Gasteiger partial charge on any atom is -0.456 e. The molecule has 0 fully saturated rings. The van der Waals surface area contributed by atoms with Crippen molar-refractivity contribution in [2.45, 2.75) is 0 Å². The van der Waals surface area contributed by atoms with Crippen LogP contribution in [-0.4, -0.2) is 14.1 Å². The topological polar surface area (TPSA) is 35.9 Å². The van der Waals surface area contributed by atoms with Gasteiger partial charge in [0.15, 0.2) is 0 Å². The minimum atomic E-state index is 0.866. The van der Waals surface area contributed by atoms with Crippen LogP contribution >= 0.6 is 0 Å². The highest BCUT2D eigenvalue weighted by Gasteiger charge is 2.19. The number of imidazole rings is 1. The van der Waals surface area contributed by atoms with Crippen LogP contribution in [0.25, 0.3) is 111 Å². The Kier molecular flexibility index (Phi) is 7.50. The van der Waals surface area contributed by atoms with Crippen molar-refractivity contribution < 1.29 is 4.42 Å². The number of rotatable bonds is 6. The summed E-state index contributed by atoms with van der Waals surface area (Å²) >= 11 is 0. The van der Waals surface area contributed by atoms with Crippen molar-refractivity contribution >= 4 is 54.8 Å². The Morgan fingerprint density at radius 3 is 1.78 bits per heavy atom. The number of benzene rings is 9. The van der Waals surface area contributed by atoms with Crippen LogP contribution in [-0.2, 0) is 0 Å². The van der Waals surface area contributed by atoms with E-state index < -0.39 is 0 Å². The summed E-state index contributed by atoms with van der Waals surface area (Å²) in [5, 5.41) is 4.64. The lowest BCUT2D eigenvalue weighted by Crippen LogP contribution is -1.97. The number of para-hydroxylation sites is 2. The smallest absolute Gasteiger partial charge is 0.145 e. The fourth-order valence-corrected chi connectivity index (χ4v) is 9.00. The van der Waals surface area contributed by atoms with Gasteiger partial charge in [0.05, 0.1) is 22.1 Å². The molecule has 0 N–H and O–H groups in total. The second-order valence-corrected chi connectivity index (χ2v) is 15.2. The van der Waals surface area contributed by atoms with Crippen molar-refractivity contribution in [2.75, 3.05) is 0 Å². The first-order valence-corrected chi connectivity index (χ1v) is 20.0. The lowest BCUT2D eigenvalue weighted by atomic mass is 9.96. The van der Waals surface area contributed by atoms with Crippen LogP contribution in [0.2, 0.25) is 0 Å². The molecule has 0 amide bonds. The zero-order valence-electron chi connectivity index (χ0n) is 32.0. The molecule has 0 aliphatic carbocycles. The highest BCUT2D eigenvalue weighted by molar-refractivity contribution is 6.14. The van der Waals surface area contributed by atoms with Crippen molar-refractivity contribution in [2.24, 2.45) is 0 Å². The molecule has 0 unspecified atom stereocenters. The molecule has 276 valence electrons. The van der Waals surface area contributed by atoms with Crippen molar-refractivity contribution in [3.05, 3.63) is 212 Å². The van der Waals surface area contributed by atoms with Crippen LogP contribution in [0.1, 0.15) is 0 Å². The molecule has 0 atom stereocenters. The second-order valence-electron chi connectivity index (χ2n) is 15.2. The zero-order chi connectivity index (χ0) is 38.9. The Labute approximate surface area is 340 Å². The van der Waals surface area contributed by atoms with Gasteiger partial charge in [0.25, 0.3) is 0 Å². The first kappa shape index (κ1) is 33.2. The van der Waals surface area contributed by atoms with Gasteiger partial charge in [0.2, 0.25) is 0 Å². The SMILES string of the molecule is c1ccc(-c2cccc(-n3c4ccccc4c4cc(-c5ccc6oc7cccc(-c8ccc9c(c8)nc(-c8ccccc8)n9-c8ccccc8)c7c6c5)ccc43)c2)cc1. The fourth-order valence-electron chi connectivity index (χ4n) is 9.00. The van der Waals surface area contributed by atoms with Gasteiger partial charge in [-0.05, 0) is 106 Å². The van der Waals surface area contributed by atoms with Gasteiger partial charge in [0, 0.05) is 38.5 Å². The predicted octanol–water partition coefficient (Wildman–Crippen LogP) is 14.7. The summed E-state index contributed by atoms with van der Waals surface area (Å²) in [5.74, 6) is 0.918. The van der Waals surface area contributed by atoms with Crippen LogP contribution in [0.5, 0.6) is 0 Å². The number of fused-ring (bicyclic) bond motifs is 7. The molecule has 0 radical (unpaired) electrons. The van der Waals surface area contributed by atoms with E-state index in [4.69, 9.17) is 9.40 Å². The maximum absolute atomic E-state index is 6.53. The molecule has 0 spiro atoms. The number of aromatic nitrogens is 3. The average Bonchev–Trinajstić information content (AvgIpc) is 3.99. The Morgan fingerprint density at radius 1 is 0.339 bits per heavy atom. The van der Waals surface area contributed by atoms with Gasteiger partial charge in [-0.15, -0.1) is 0 Å². The van der Waals surface area contributed by atoms with E-state index in [1.165, 1.54) is 32.9 Å². The van der Waals surface area contributed by atoms with Crippen molar-refractivity contribution in [3.8, 4) is 56.1 Å². The first-order valence-electron chi connectivity index (χ1n) is 20.0. The van der Waals surface area contributed by atoms with Crippen LogP contribution in [0.15, 0.2) is 217 Å². The van der Waals surface area contributed by atoms with E-state index in [0.717, 1.165) is 78.0 Å². The molecule has 3 heterocycles. The van der Waals surface area contributed by atoms with E-state index in [2.05, 4.69) is 209 Å². The number of nitrogens with zero attached hydrogens (tertiary/aromatic N) is 3. The third-order valence-electron chi connectivity index (χ3n) is 11.7. The summed E-state index contributed by atoms with van der Waals surface area (Å²) in [6, 6.07) is 75.5. The van der Waals surface area contributed by atoms with Crippen LogP contribution in [0.3, 0.4) is 0 Å². The third kappa shape index (κ3) is 5.42.